The van der Waals surface area contributed by atoms with E-state index in [0.29, 0.717) is 6.54 Å². The summed E-state index contributed by atoms with van der Waals surface area (Å²) < 4.78 is 5.72. The molecule has 1 aromatic carbocycles. The lowest BCUT2D eigenvalue weighted by Crippen LogP contribution is -2.24. The Kier molecular flexibility index (Phi) is 2.23. The maximum atomic E-state index is 10.9. The summed E-state index contributed by atoms with van der Waals surface area (Å²) in [6.07, 6.45) is 0.963. The molecule has 0 radical (unpaired) electrons. The molecule has 82 valence electrons. The van der Waals surface area contributed by atoms with E-state index < -0.39 is 0 Å². The lowest BCUT2D eigenvalue weighted by atomic mass is 10.0. The minimum absolute atomic E-state index is 0.0649. The Hall–Kier alpha value is -1.65. The number of para-hydroxylation sites is 1. The lowest BCUT2D eigenvalue weighted by molar-refractivity contribution is -0.111. The predicted octanol–water partition coefficient (Wildman–Crippen LogP) is 1.40. The van der Waals surface area contributed by atoms with Crippen molar-refractivity contribution >= 4 is 17.3 Å². The number of furan rings is 1. The second-order valence-electron chi connectivity index (χ2n) is 3.99. The first-order chi connectivity index (χ1) is 7.88. The summed E-state index contributed by atoms with van der Waals surface area (Å²) in [5, 5.41) is 1.07. The number of hydrogen-bond acceptors (Lipinski definition) is 4. The van der Waals surface area contributed by atoms with Crippen LogP contribution in [0.25, 0.3) is 11.0 Å². The summed E-state index contributed by atoms with van der Waals surface area (Å²) in [4.78, 5) is 10.9. The fourth-order valence-electron chi connectivity index (χ4n) is 2.08. The van der Waals surface area contributed by atoms with E-state index in [1.54, 1.807) is 0 Å². The van der Waals surface area contributed by atoms with E-state index in [0.717, 1.165) is 23.0 Å². The normalized spacial score (nSPS) is 25.0. The summed E-state index contributed by atoms with van der Waals surface area (Å²) in [7, 11) is 0. The molecule has 4 heteroatoms. The highest BCUT2D eigenvalue weighted by Crippen LogP contribution is 2.28. The molecule has 16 heavy (non-hydrogen) atoms. The fraction of sp³-hybridized carbons (Fsp3) is 0.250. The van der Waals surface area contributed by atoms with Crippen LogP contribution < -0.4 is 10.9 Å². The van der Waals surface area contributed by atoms with Gasteiger partial charge in [-0.05, 0) is 12.1 Å². The van der Waals surface area contributed by atoms with Crippen molar-refractivity contribution in [1.82, 2.24) is 10.9 Å². The highest BCUT2D eigenvalue weighted by atomic mass is 16.3. The van der Waals surface area contributed by atoms with Crippen molar-refractivity contribution in [2.75, 3.05) is 6.54 Å². The highest BCUT2D eigenvalue weighted by molar-refractivity contribution is 5.78. The van der Waals surface area contributed by atoms with Gasteiger partial charge in [-0.1, -0.05) is 18.2 Å². The summed E-state index contributed by atoms with van der Waals surface area (Å²) in [6, 6.07) is 9.76. The Bertz CT molecular complexity index is 487. The quantitative estimate of drug-likeness (QED) is 0.745. The molecular formula is C12H12N2O2. The molecule has 1 aliphatic rings. The standard InChI is InChI=1S/C12H12N2O2/c15-7-9-6-13-14-12(9)11-5-8-3-1-2-4-10(8)16-11/h1-5,7,9,12-14H,6H2. The lowest BCUT2D eigenvalue weighted by Gasteiger charge is -2.09. The van der Waals surface area contributed by atoms with Crippen LogP contribution in [0.15, 0.2) is 34.7 Å². The Balaban J connectivity index is 2.02. The van der Waals surface area contributed by atoms with E-state index in [9.17, 15) is 4.79 Å². The van der Waals surface area contributed by atoms with Gasteiger partial charge >= 0.3 is 0 Å². The molecule has 0 aliphatic carbocycles. The molecule has 1 saturated heterocycles. The van der Waals surface area contributed by atoms with Gasteiger partial charge in [0.25, 0.3) is 0 Å². The second-order valence-corrected chi connectivity index (χ2v) is 3.99. The molecule has 2 atom stereocenters. The molecule has 0 bridgehead atoms. The zero-order chi connectivity index (χ0) is 11.0. The smallest absolute Gasteiger partial charge is 0.134 e. The third kappa shape index (κ3) is 1.43. The first kappa shape index (κ1) is 9.57. The molecule has 2 unspecified atom stereocenters. The summed E-state index contributed by atoms with van der Waals surface area (Å²) in [6.45, 7) is 0.644. The maximum Gasteiger partial charge on any atom is 0.134 e. The molecular weight excluding hydrogens is 204 g/mol. The number of rotatable bonds is 2. The van der Waals surface area contributed by atoms with Crippen LogP contribution >= 0.6 is 0 Å². The minimum atomic E-state index is -0.0689. The van der Waals surface area contributed by atoms with Gasteiger partial charge in [0.05, 0.1) is 12.0 Å². The number of aldehydes is 1. The van der Waals surface area contributed by atoms with Gasteiger partial charge in [-0.2, -0.15) is 0 Å². The summed E-state index contributed by atoms with van der Waals surface area (Å²) in [5.74, 6) is 0.740. The van der Waals surface area contributed by atoms with Gasteiger partial charge in [0.1, 0.15) is 17.6 Å². The molecule has 0 saturated carbocycles. The molecule has 1 aliphatic heterocycles. The molecule has 4 nitrogen and oxygen atoms in total. The Morgan fingerprint density at radius 1 is 1.38 bits per heavy atom. The van der Waals surface area contributed by atoms with Crippen LogP contribution in [0, 0.1) is 5.92 Å². The van der Waals surface area contributed by atoms with Crippen LogP contribution in [0.5, 0.6) is 0 Å². The largest absolute Gasteiger partial charge is 0.459 e. The highest BCUT2D eigenvalue weighted by Gasteiger charge is 2.30. The van der Waals surface area contributed by atoms with Crippen LogP contribution in [-0.4, -0.2) is 12.8 Å². The molecule has 1 aromatic heterocycles. The number of carbonyl (C=O) groups is 1. The minimum Gasteiger partial charge on any atom is -0.459 e. The SMILES string of the molecule is O=CC1CNNC1c1cc2ccccc2o1. The van der Waals surface area contributed by atoms with Crippen LogP contribution in [0.2, 0.25) is 0 Å². The van der Waals surface area contributed by atoms with Gasteiger partial charge in [-0.25, -0.2) is 5.43 Å². The Labute approximate surface area is 92.6 Å². The third-order valence-corrected chi connectivity index (χ3v) is 2.95. The van der Waals surface area contributed by atoms with Gasteiger partial charge in [0.2, 0.25) is 0 Å². The fourth-order valence-corrected chi connectivity index (χ4v) is 2.08. The summed E-state index contributed by atoms with van der Waals surface area (Å²) in [5.41, 5.74) is 6.89. The molecule has 0 amide bonds. The number of hydrazine groups is 1. The van der Waals surface area contributed by atoms with Gasteiger partial charge < -0.3 is 9.21 Å². The molecule has 1 fully saturated rings. The number of carbonyl (C=O) groups excluding carboxylic acids is 1. The third-order valence-electron chi connectivity index (χ3n) is 2.95. The second kappa shape index (κ2) is 3.73. The van der Waals surface area contributed by atoms with E-state index in [4.69, 9.17) is 4.42 Å². The van der Waals surface area contributed by atoms with Crippen LogP contribution in [0.3, 0.4) is 0 Å². The van der Waals surface area contributed by atoms with Gasteiger partial charge in [0, 0.05) is 11.9 Å². The number of fused-ring (bicyclic) bond motifs is 1. The number of nitrogens with one attached hydrogen (secondary N) is 2. The van der Waals surface area contributed by atoms with Crippen LogP contribution in [0.1, 0.15) is 11.8 Å². The zero-order valence-electron chi connectivity index (χ0n) is 8.64. The molecule has 2 aromatic rings. The van der Waals surface area contributed by atoms with Crippen molar-refractivity contribution in [3.8, 4) is 0 Å². The monoisotopic (exact) mass is 216 g/mol. The van der Waals surface area contributed by atoms with E-state index in [1.807, 2.05) is 30.3 Å². The van der Waals surface area contributed by atoms with Crippen molar-refractivity contribution < 1.29 is 9.21 Å². The van der Waals surface area contributed by atoms with E-state index in [1.165, 1.54) is 0 Å². The van der Waals surface area contributed by atoms with E-state index in [2.05, 4.69) is 10.9 Å². The van der Waals surface area contributed by atoms with E-state index in [-0.39, 0.29) is 12.0 Å². The van der Waals surface area contributed by atoms with Crippen LogP contribution in [-0.2, 0) is 4.79 Å². The van der Waals surface area contributed by atoms with Crippen molar-refractivity contribution in [3.63, 3.8) is 0 Å². The van der Waals surface area contributed by atoms with Gasteiger partial charge in [0.15, 0.2) is 0 Å². The average Bonchev–Trinajstić information content (AvgIpc) is 2.94. The van der Waals surface area contributed by atoms with Crippen molar-refractivity contribution in [2.45, 2.75) is 6.04 Å². The molecule has 2 N–H and O–H groups in total. The molecule has 3 rings (SSSR count). The van der Waals surface area contributed by atoms with Crippen LogP contribution in [0.4, 0.5) is 0 Å². The Morgan fingerprint density at radius 3 is 3.06 bits per heavy atom. The van der Waals surface area contributed by atoms with Gasteiger partial charge in [-0.3, -0.25) is 5.43 Å². The average molecular weight is 216 g/mol. The molecule has 2 heterocycles. The maximum absolute atomic E-state index is 10.9. The van der Waals surface area contributed by atoms with E-state index >= 15 is 0 Å². The topological polar surface area (TPSA) is 54.3 Å². The first-order valence-corrected chi connectivity index (χ1v) is 5.30. The predicted molar refractivity (Wildman–Crippen MR) is 59.6 cm³/mol. The molecule has 0 spiro atoms. The zero-order valence-corrected chi connectivity index (χ0v) is 8.64. The Morgan fingerprint density at radius 2 is 2.25 bits per heavy atom. The van der Waals surface area contributed by atoms with Crippen molar-refractivity contribution in [3.05, 3.63) is 36.1 Å². The van der Waals surface area contributed by atoms with Crippen molar-refractivity contribution in [1.29, 1.82) is 0 Å². The number of benzene rings is 1. The van der Waals surface area contributed by atoms with Crippen molar-refractivity contribution in [2.24, 2.45) is 5.92 Å². The number of hydrogen-bond donors (Lipinski definition) is 2. The summed E-state index contributed by atoms with van der Waals surface area (Å²) >= 11 is 0. The van der Waals surface area contributed by atoms with Gasteiger partial charge in [-0.15, -0.1) is 0 Å². The first-order valence-electron chi connectivity index (χ1n) is 5.30.